The maximum absolute atomic E-state index is 13.1. The number of hydrogen-bond acceptors (Lipinski definition) is 7. The second-order valence-electron chi connectivity index (χ2n) is 9.25. The molecule has 0 saturated carbocycles. The number of ether oxygens (including phenoxy) is 2. The molecule has 0 atom stereocenters. The number of aromatic amines is 1. The molecular weight excluding hydrogens is 527 g/mol. The molecule has 4 heterocycles. The third-order valence-electron chi connectivity index (χ3n) is 6.53. The predicted molar refractivity (Wildman–Crippen MR) is 140 cm³/mol. The van der Waals surface area contributed by atoms with Crippen LogP contribution >= 0.6 is 0 Å². The summed E-state index contributed by atoms with van der Waals surface area (Å²) in [5.41, 5.74) is 1.97. The van der Waals surface area contributed by atoms with Crippen LogP contribution in [0.4, 0.5) is 19.1 Å². The number of benzene rings is 2. The number of hydrogen-bond donors (Lipinski definition) is 2. The highest BCUT2D eigenvalue weighted by molar-refractivity contribution is 6.03. The van der Waals surface area contributed by atoms with Crippen LogP contribution in [0.25, 0.3) is 27.8 Å². The highest BCUT2D eigenvalue weighted by Gasteiger charge is 2.30. The van der Waals surface area contributed by atoms with E-state index in [2.05, 4.69) is 30.3 Å². The van der Waals surface area contributed by atoms with Crippen molar-refractivity contribution in [2.24, 2.45) is 0 Å². The molecular formula is C27H24F3N7O3. The Labute approximate surface area is 225 Å². The zero-order valence-corrected chi connectivity index (χ0v) is 21.1. The van der Waals surface area contributed by atoms with E-state index in [0.29, 0.717) is 40.3 Å². The van der Waals surface area contributed by atoms with Crippen LogP contribution in [0.2, 0.25) is 0 Å². The monoisotopic (exact) mass is 551 g/mol. The van der Waals surface area contributed by atoms with Crippen molar-refractivity contribution >= 4 is 28.5 Å². The number of nitrogens with zero attached hydrogens (tertiary/aromatic N) is 5. The van der Waals surface area contributed by atoms with Crippen molar-refractivity contribution in [1.82, 2.24) is 29.5 Å². The lowest BCUT2D eigenvalue weighted by atomic mass is 10.0. The van der Waals surface area contributed by atoms with Gasteiger partial charge in [-0.05, 0) is 41.5 Å². The van der Waals surface area contributed by atoms with Crippen molar-refractivity contribution in [2.45, 2.75) is 6.18 Å². The van der Waals surface area contributed by atoms with E-state index < -0.39 is 17.6 Å². The normalized spacial score (nSPS) is 14.6. The number of aromatic nitrogens is 5. The summed E-state index contributed by atoms with van der Waals surface area (Å²) < 4.78 is 52.0. The SMILES string of the molecule is O=C(Nc1nc2ccc(-c3cccc(C(F)(F)F)c3)cc2[nH]1)c1cn2nc(OCCN3CCOCC3)ccc2n1. The highest BCUT2D eigenvalue weighted by atomic mass is 19.4. The van der Waals surface area contributed by atoms with E-state index in [9.17, 15) is 18.0 Å². The van der Waals surface area contributed by atoms with Crippen LogP contribution in [0.5, 0.6) is 5.88 Å². The van der Waals surface area contributed by atoms with Crippen molar-refractivity contribution in [3.05, 3.63) is 72.1 Å². The lowest BCUT2D eigenvalue weighted by Crippen LogP contribution is -2.38. The molecule has 0 aliphatic carbocycles. The average molecular weight is 552 g/mol. The van der Waals surface area contributed by atoms with Gasteiger partial charge in [0, 0.05) is 25.7 Å². The molecule has 0 spiro atoms. The number of amides is 1. The maximum Gasteiger partial charge on any atom is 0.416 e. The molecule has 1 aliphatic heterocycles. The largest absolute Gasteiger partial charge is 0.475 e. The van der Waals surface area contributed by atoms with Gasteiger partial charge in [0.25, 0.3) is 5.91 Å². The summed E-state index contributed by atoms with van der Waals surface area (Å²) >= 11 is 0. The molecule has 1 aliphatic rings. The van der Waals surface area contributed by atoms with Gasteiger partial charge in [-0.2, -0.15) is 13.2 Å². The van der Waals surface area contributed by atoms with Crippen molar-refractivity contribution in [3.63, 3.8) is 0 Å². The smallest absolute Gasteiger partial charge is 0.416 e. The fourth-order valence-electron chi connectivity index (χ4n) is 4.45. The minimum absolute atomic E-state index is 0.128. The number of fused-ring (bicyclic) bond motifs is 2. The average Bonchev–Trinajstić information content (AvgIpc) is 3.56. The fourth-order valence-corrected chi connectivity index (χ4v) is 4.45. The van der Waals surface area contributed by atoms with Gasteiger partial charge < -0.3 is 14.5 Å². The van der Waals surface area contributed by atoms with Gasteiger partial charge in [0.1, 0.15) is 12.3 Å². The van der Waals surface area contributed by atoms with E-state index in [-0.39, 0.29) is 11.6 Å². The van der Waals surface area contributed by atoms with Gasteiger partial charge in [-0.15, -0.1) is 5.10 Å². The topological polar surface area (TPSA) is 110 Å². The van der Waals surface area contributed by atoms with E-state index in [0.717, 1.165) is 45.0 Å². The fraction of sp³-hybridized carbons (Fsp3) is 0.259. The first kappa shape index (κ1) is 25.8. The minimum Gasteiger partial charge on any atom is -0.475 e. The molecule has 206 valence electrons. The van der Waals surface area contributed by atoms with Gasteiger partial charge >= 0.3 is 6.18 Å². The molecule has 13 heteroatoms. The van der Waals surface area contributed by atoms with E-state index in [1.54, 1.807) is 36.4 Å². The molecule has 1 saturated heterocycles. The first-order chi connectivity index (χ1) is 19.3. The summed E-state index contributed by atoms with van der Waals surface area (Å²) in [6.45, 7) is 4.43. The van der Waals surface area contributed by atoms with Crippen LogP contribution in [-0.4, -0.2) is 74.8 Å². The Morgan fingerprint density at radius 1 is 1.05 bits per heavy atom. The molecule has 40 heavy (non-hydrogen) atoms. The second kappa shape index (κ2) is 10.6. The Bertz CT molecular complexity index is 1680. The summed E-state index contributed by atoms with van der Waals surface area (Å²) in [5, 5.41) is 7.05. The third-order valence-corrected chi connectivity index (χ3v) is 6.53. The van der Waals surface area contributed by atoms with Crippen LogP contribution in [0.3, 0.4) is 0 Å². The van der Waals surface area contributed by atoms with Crippen molar-refractivity contribution < 1.29 is 27.4 Å². The number of alkyl halides is 3. The zero-order valence-electron chi connectivity index (χ0n) is 21.1. The Kier molecular flexibility index (Phi) is 6.82. The summed E-state index contributed by atoms with van der Waals surface area (Å²) in [4.78, 5) is 26.8. The van der Waals surface area contributed by atoms with Crippen molar-refractivity contribution in [1.29, 1.82) is 0 Å². The Morgan fingerprint density at radius 2 is 1.88 bits per heavy atom. The number of imidazole rings is 2. The standard InChI is InChI=1S/C27H24F3N7O3/c28-27(29,30)19-3-1-2-17(14-19)18-4-5-20-21(15-18)33-26(32-20)34-25(38)22-16-37-23(31-22)6-7-24(35-37)40-13-10-36-8-11-39-12-9-36/h1-7,14-16H,8-13H2,(H2,32,33,34,38). The maximum atomic E-state index is 13.1. The Balaban J connectivity index is 1.13. The zero-order chi connectivity index (χ0) is 27.7. The predicted octanol–water partition coefficient (Wildman–Crippen LogP) is 4.25. The Hall–Kier alpha value is -4.49. The summed E-state index contributed by atoms with van der Waals surface area (Å²) in [7, 11) is 0. The number of rotatable bonds is 7. The number of carbonyl (C=O) groups excluding carboxylic acids is 1. The van der Waals surface area contributed by atoms with Gasteiger partial charge in [0.05, 0.1) is 36.0 Å². The highest BCUT2D eigenvalue weighted by Crippen LogP contribution is 2.33. The number of anilines is 1. The summed E-state index contributed by atoms with van der Waals surface area (Å²) in [6, 6.07) is 13.5. The molecule has 1 fully saturated rings. The Morgan fingerprint density at radius 3 is 2.70 bits per heavy atom. The molecule has 0 unspecified atom stereocenters. The number of morpholine rings is 1. The number of nitrogens with one attached hydrogen (secondary N) is 2. The van der Waals surface area contributed by atoms with E-state index in [1.807, 2.05) is 0 Å². The van der Waals surface area contributed by atoms with Crippen molar-refractivity contribution in [3.8, 4) is 17.0 Å². The molecule has 1 amide bonds. The quantitative estimate of drug-likeness (QED) is 0.311. The molecule has 0 bridgehead atoms. The number of H-pyrrole nitrogens is 1. The van der Waals surface area contributed by atoms with Crippen molar-refractivity contribution in [2.75, 3.05) is 44.8 Å². The van der Waals surface area contributed by atoms with Gasteiger partial charge in [-0.3, -0.25) is 15.0 Å². The molecule has 0 radical (unpaired) electrons. The van der Waals surface area contributed by atoms with Crippen LogP contribution in [0, 0.1) is 0 Å². The molecule has 6 rings (SSSR count). The molecule has 2 aromatic carbocycles. The van der Waals surface area contributed by atoms with Gasteiger partial charge in [0.15, 0.2) is 5.65 Å². The number of halogens is 3. The van der Waals surface area contributed by atoms with Crippen LogP contribution in [-0.2, 0) is 10.9 Å². The van der Waals surface area contributed by atoms with Crippen LogP contribution in [0.15, 0.2) is 60.8 Å². The lowest BCUT2D eigenvalue weighted by molar-refractivity contribution is -0.137. The van der Waals surface area contributed by atoms with Crippen LogP contribution < -0.4 is 10.1 Å². The van der Waals surface area contributed by atoms with E-state index in [4.69, 9.17) is 9.47 Å². The summed E-state index contributed by atoms with van der Waals surface area (Å²) in [6.07, 6.45) is -2.94. The van der Waals surface area contributed by atoms with Crippen LogP contribution in [0.1, 0.15) is 16.1 Å². The summed E-state index contributed by atoms with van der Waals surface area (Å²) in [5.74, 6) is 0.0924. The lowest BCUT2D eigenvalue weighted by Gasteiger charge is -2.26. The first-order valence-corrected chi connectivity index (χ1v) is 12.6. The molecule has 10 nitrogen and oxygen atoms in total. The molecule has 2 N–H and O–H groups in total. The van der Waals surface area contributed by atoms with Gasteiger partial charge in [-0.25, -0.2) is 14.5 Å². The number of carbonyl (C=O) groups is 1. The van der Waals surface area contributed by atoms with E-state index in [1.165, 1.54) is 16.8 Å². The molecule has 5 aromatic rings. The van der Waals surface area contributed by atoms with Gasteiger partial charge in [0.2, 0.25) is 11.8 Å². The van der Waals surface area contributed by atoms with Gasteiger partial charge in [-0.1, -0.05) is 18.2 Å². The second-order valence-corrected chi connectivity index (χ2v) is 9.25. The minimum atomic E-state index is -4.43. The first-order valence-electron chi connectivity index (χ1n) is 12.6. The third kappa shape index (κ3) is 5.60. The molecule has 3 aromatic heterocycles. The van der Waals surface area contributed by atoms with E-state index >= 15 is 0 Å².